The number of rotatable bonds is 7. The molecule has 0 bridgehead atoms. The van der Waals surface area contributed by atoms with Crippen molar-refractivity contribution in [3.05, 3.63) is 24.3 Å². The maximum Gasteiger partial charge on any atom is 0.267 e. The van der Waals surface area contributed by atoms with E-state index in [0.29, 0.717) is 31.9 Å². The van der Waals surface area contributed by atoms with Gasteiger partial charge in [0.25, 0.3) is 16.0 Å². The van der Waals surface area contributed by atoms with Crippen molar-refractivity contribution in [3.8, 4) is 11.5 Å². The number of phenols is 1. The topological polar surface area (TPSA) is 128 Å². The Morgan fingerprint density at radius 2 is 1.92 bits per heavy atom. The lowest BCUT2D eigenvalue weighted by molar-refractivity contribution is -0.135. The average Bonchev–Trinajstić information content (AvgIpc) is 2.51. The molecule has 9 nitrogen and oxygen atoms in total. The second kappa shape index (κ2) is 8.48. The number of aliphatic hydroxyl groups excluding tert-OH is 1. The van der Waals surface area contributed by atoms with Crippen molar-refractivity contribution in [1.82, 2.24) is 9.80 Å². The Hall–Kier alpha value is -1.88. The molecule has 140 valence electrons. The van der Waals surface area contributed by atoms with Gasteiger partial charge in [-0.3, -0.25) is 14.2 Å². The van der Waals surface area contributed by atoms with Crippen LogP contribution in [0.3, 0.4) is 0 Å². The van der Waals surface area contributed by atoms with E-state index >= 15 is 0 Å². The predicted octanol–water partition coefficient (Wildman–Crippen LogP) is -0.836. The first-order chi connectivity index (χ1) is 11.7. The van der Waals surface area contributed by atoms with E-state index in [-0.39, 0.29) is 24.8 Å². The molecule has 25 heavy (non-hydrogen) atoms. The summed E-state index contributed by atoms with van der Waals surface area (Å²) in [6.07, 6.45) is -1.17. The van der Waals surface area contributed by atoms with Crippen LogP contribution in [0, 0.1) is 0 Å². The van der Waals surface area contributed by atoms with Gasteiger partial charge in [-0.1, -0.05) is 6.07 Å². The number of aliphatic hydroxyl groups is 1. The van der Waals surface area contributed by atoms with Gasteiger partial charge in [0.15, 0.2) is 6.61 Å². The van der Waals surface area contributed by atoms with Crippen LogP contribution in [0.1, 0.15) is 0 Å². The van der Waals surface area contributed by atoms with E-state index in [9.17, 15) is 23.4 Å². The number of β-amino-alcohol motifs (C(OH)–C–C–N with tert-alkyl or cyclic N) is 1. The smallest absolute Gasteiger partial charge is 0.267 e. The molecular weight excluding hydrogens is 352 g/mol. The second-order valence-corrected chi connectivity index (χ2v) is 7.37. The summed E-state index contributed by atoms with van der Waals surface area (Å²) in [7, 11) is -4.21. The Balaban J connectivity index is 1.73. The first-order valence-electron chi connectivity index (χ1n) is 7.78. The van der Waals surface area contributed by atoms with Gasteiger partial charge in [-0.25, -0.2) is 0 Å². The van der Waals surface area contributed by atoms with Crippen LogP contribution in [-0.2, 0) is 14.9 Å². The molecule has 1 aliphatic rings. The highest BCUT2D eigenvalue weighted by atomic mass is 32.2. The maximum absolute atomic E-state index is 12.1. The zero-order chi connectivity index (χ0) is 18.4. The van der Waals surface area contributed by atoms with E-state index in [1.54, 1.807) is 17.0 Å². The van der Waals surface area contributed by atoms with Crippen molar-refractivity contribution in [3.63, 3.8) is 0 Å². The monoisotopic (exact) mass is 374 g/mol. The van der Waals surface area contributed by atoms with Crippen LogP contribution < -0.4 is 4.74 Å². The molecule has 1 unspecified atom stereocenters. The third kappa shape index (κ3) is 6.86. The molecule has 1 aliphatic heterocycles. The standard InChI is InChI=1S/C15H22N2O7S/c18-12-2-1-3-14(8-12)24-10-15(20)17-6-4-16(5-7-17)9-13(19)11-25(21,22)23/h1-3,8,13,18-19H,4-7,9-11H2,(H,21,22,23). The third-order valence-electron chi connectivity index (χ3n) is 3.78. The van der Waals surface area contributed by atoms with E-state index in [1.165, 1.54) is 12.1 Å². The van der Waals surface area contributed by atoms with E-state index in [1.807, 2.05) is 4.90 Å². The molecule has 10 heteroatoms. The van der Waals surface area contributed by atoms with Crippen LogP contribution in [0.5, 0.6) is 11.5 Å². The number of ether oxygens (including phenoxy) is 1. The fraction of sp³-hybridized carbons (Fsp3) is 0.533. The van der Waals surface area contributed by atoms with Crippen LogP contribution in [0.2, 0.25) is 0 Å². The molecule has 3 N–H and O–H groups in total. The van der Waals surface area contributed by atoms with Crippen molar-refractivity contribution in [2.24, 2.45) is 0 Å². The normalized spacial score (nSPS) is 17.3. The van der Waals surface area contributed by atoms with Crippen LogP contribution in [0.25, 0.3) is 0 Å². The Kier molecular flexibility index (Phi) is 6.59. The Bertz CT molecular complexity index is 687. The van der Waals surface area contributed by atoms with Gasteiger partial charge in [0.2, 0.25) is 0 Å². The molecule has 1 aromatic carbocycles. The van der Waals surface area contributed by atoms with Gasteiger partial charge in [0.05, 0.1) is 6.10 Å². The number of aromatic hydroxyl groups is 1. The van der Waals surface area contributed by atoms with E-state index in [0.717, 1.165) is 0 Å². The van der Waals surface area contributed by atoms with Crippen molar-refractivity contribution < 1.29 is 32.7 Å². The molecule has 0 radical (unpaired) electrons. The number of benzene rings is 1. The van der Waals surface area contributed by atoms with Gasteiger partial charge in [-0.05, 0) is 12.1 Å². The minimum Gasteiger partial charge on any atom is -0.508 e. The molecule has 1 amide bonds. The largest absolute Gasteiger partial charge is 0.508 e. The molecule has 1 atom stereocenters. The predicted molar refractivity (Wildman–Crippen MR) is 89.0 cm³/mol. The molecule has 0 saturated carbocycles. The van der Waals surface area contributed by atoms with Crippen LogP contribution >= 0.6 is 0 Å². The molecule has 1 fully saturated rings. The van der Waals surface area contributed by atoms with Crippen molar-refractivity contribution >= 4 is 16.0 Å². The lowest BCUT2D eigenvalue weighted by Crippen LogP contribution is -2.51. The summed E-state index contributed by atoms with van der Waals surface area (Å²) in [4.78, 5) is 15.6. The summed E-state index contributed by atoms with van der Waals surface area (Å²) in [5.74, 6) is -0.437. The molecule has 0 aliphatic carbocycles. The Morgan fingerprint density at radius 1 is 1.24 bits per heavy atom. The van der Waals surface area contributed by atoms with Crippen molar-refractivity contribution in [2.75, 3.05) is 45.1 Å². The summed E-state index contributed by atoms with van der Waals surface area (Å²) in [5, 5.41) is 19.0. The second-order valence-electron chi connectivity index (χ2n) is 5.87. The Labute approximate surface area is 146 Å². The molecule has 0 spiro atoms. The number of phenolic OH excluding ortho intramolecular Hbond substituents is 1. The first kappa shape index (κ1) is 19.4. The minimum absolute atomic E-state index is 0.0574. The fourth-order valence-electron chi connectivity index (χ4n) is 2.58. The van der Waals surface area contributed by atoms with Crippen molar-refractivity contribution in [1.29, 1.82) is 0 Å². The summed E-state index contributed by atoms with van der Waals surface area (Å²) >= 11 is 0. The highest BCUT2D eigenvalue weighted by Gasteiger charge is 2.24. The summed E-state index contributed by atoms with van der Waals surface area (Å²) in [6, 6.07) is 6.18. The third-order valence-corrected chi connectivity index (χ3v) is 4.58. The van der Waals surface area contributed by atoms with Crippen molar-refractivity contribution in [2.45, 2.75) is 6.10 Å². The van der Waals surface area contributed by atoms with Gasteiger partial charge in [-0.2, -0.15) is 8.42 Å². The van der Waals surface area contributed by atoms with Crippen LogP contribution in [0.4, 0.5) is 0 Å². The zero-order valence-electron chi connectivity index (χ0n) is 13.6. The summed E-state index contributed by atoms with van der Waals surface area (Å²) in [5.41, 5.74) is 0. The molecular formula is C15H22N2O7S. The first-order valence-corrected chi connectivity index (χ1v) is 9.39. The van der Waals surface area contributed by atoms with E-state index < -0.39 is 22.0 Å². The lowest BCUT2D eigenvalue weighted by atomic mass is 10.2. The van der Waals surface area contributed by atoms with Gasteiger partial charge in [0.1, 0.15) is 17.3 Å². The fourth-order valence-corrected chi connectivity index (χ4v) is 3.18. The highest BCUT2D eigenvalue weighted by molar-refractivity contribution is 7.85. The molecule has 1 aromatic rings. The van der Waals surface area contributed by atoms with E-state index in [4.69, 9.17) is 9.29 Å². The number of nitrogens with zero attached hydrogens (tertiary/aromatic N) is 2. The van der Waals surface area contributed by atoms with Gasteiger partial charge >= 0.3 is 0 Å². The van der Waals surface area contributed by atoms with Crippen LogP contribution in [-0.4, -0.2) is 90.1 Å². The number of amides is 1. The molecule has 0 aromatic heterocycles. The number of hydrogen-bond donors (Lipinski definition) is 3. The zero-order valence-corrected chi connectivity index (χ0v) is 14.4. The van der Waals surface area contributed by atoms with Gasteiger partial charge < -0.3 is 19.8 Å². The lowest BCUT2D eigenvalue weighted by Gasteiger charge is -2.35. The summed E-state index contributed by atoms with van der Waals surface area (Å²) < 4.78 is 35.5. The number of carbonyl (C=O) groups excluding carboxylic acids is 1. The highest BCUT2D eigenvalue weighted by Crippen LogP contribution is 2.17. The van der Waals surface area contributed by atoms with Crippen LogP contribution in [0.15, 0.2) is 24.3 Å². The van der Waals surface area contributed by atoms with Gasteiger partial charge in [0, 0.05) is 38.8 Å². The minimum atomic E-state index is -4.21. The Morgan fingerprint density at radius 3 is 2.52 bits per heavy atom. The average molecular weight is 374 g/mol. The molecule has 1 saturated heterocycles. The number of piperazine rings is 1. The number of hydrogen-bond acceptors (Lipinski definition) is 7. The number of carbonyl (C=O) groups is 1. The molecule has 1 heterocycles. The quantitative estimate of drug-likeness (QED) is 0.528. The van der Waals surface area contributed by atoms with Gasteiger partial charge in [-0.15, -0.1) is 0 Å². The summed E-state index contributed by atoms with van der Waals surface area (Å²) in [6.45, 7) is 1.80. The SMILES string of the molecule is O=C(COc1cccc(O)c1)N1CCN(CC(O)CS(=O)(=O)O)CC1. The maximum atomic E-state index is 12.1. The van der Waals surface area contributed by atoms with E-state index in [2.05, 4.69) is 0 Å². The molecule has 2 rings (SSSR count).